The second kappa shape index (κ2) is 15.8. The van der Waals surface area contributed by atoms with Crippen molar-refractivity contribution >= 4 is 41.3 Å². The molecule has 1 heterocycles. The summed E-state index contributed by atoms with van der Waals surface area (Å²) in [7, 11) is 4.21. The van der Waals surface area contributed by atoms with Gasteiger partial charge in [-0.25, -0.2) is 0 Å². The monoisotopic (exact) mass is 482 g/mol. The van der Waals surface area contributed by atoms with E-state index in [9.17, 15) is 0 Å². The third-order valence-electron chi connectivity index (χ3n) is 3.66. The van der Waals surface area contributed by atoms with Crippen LogP contribution in [0.2, 0.25) is 0 Å². The highest BCUT2D eigenvalue weighted by Gasteiger charge is 2.14. The van der Waals surface area contributed by atoms with E-state index in [0.717, 1.165) is 51.6 Å². The van der Waals surface area contributed by atoms with E-state index in [1.54, 1.807) is 11.3 Å². The molecule has 1 rings (SSSR count). The van der Waals surface area contributed by atoms with Gasteiger partial charge in [0.15, 0.2) is 5.96 Å². The highest BCUT2D eigenvalue weighted by molar-refractivity contribution is 14.0. The van der Waals surface area contributed by atoms with Crippen LogP contribution in [0.3, 0.4) is 0 Å². The van der Waals surface area contributed by atoms with Crippen LogP contribution in [0.15, 0.2) is 22.5 Å². The fourth-order valence-electron chi connectivity index (χ4n) is 2.24. The average molecular weight is 482 g/mol. The molecule has 0 aliphatic heterocycles. The molecular formula is C18H35IN4OS. The van der Waals surface area contributed by atoms with Crippen LogP contribution in [0.4, 0.5) is 0 Å². The Balaban J connectivity index is 0.00000576. The van der Waals surface area contributed by atoms with Crippen molar-refractivity contribution in [1.82, 2.24) is 15.5 Å². The summed E-state index contributed by atoms with van der Waals surface area (Å²) in [5.41, 5.74) is 0. The van der Waals surface area contributed by atoms with Gasteiger partial charge in [-0.15, -0.1) is 35.3 Å². The molecule has 0 aliphatic carbocycles. The topological polar surface area (TPSA) is 48.9 Å². The number of hydrogen-bond acceptors (Lipinski definition) is 4. The first kappa shape index (κ1) is 24.6. The minimum absolute atomic E-state index is 0. The van der Waals surface area contributed by atoms with Crippen molar-refractivity contribution in [3.63, 3.8) is 0 Å². The normalized spacial score (nSPS) is 12.8. The maximum atomic E-state index is 5.59. The predicted octanol–water partition coefficient (Wildman–Crippen LogP) is 3.73. The molecule has 1 aromatic heterocycles. The third-order valence-corrected chi connectivity index (χ3v) is 4.64. The van der Waals surface area contributed by atoms with Crippen LogP contribution < -0.4 is 10.6 Å². The number of guanidine groups is 1. The van der Waals surface area contributed by atoms with Crippen molar-refractivity contribution in [1.29, 1.82) is 0 Å². The molecule has 0 fully saturated rings. The Labute approximate surface area is 174 Å². The van der Waals surface area contributed by atoms with Gasteiger partial charge in [-0.1, -0.05) is 19.4 Å². The van der Waals surface area contributed by atoms with Gasteiger partial charge in [0.05, 0.1) is 12.6 Å². The Morgan fingerprint density at radius 1 is 1.24 bits per heavy atom. The van der Waals surface area contributed by atoms with Crippen LogP contribution in [0.1, 0.15) is 44.0 Å². The zero-order valence-corrected chi connectivity index (χ0v) is 19.2. The molecular weight excluding hydrogens is 447 g/mol. The first-order chi connectivity index (χ1) is 11.7. The number of ether oxygens (including phenoxy) is 1. The van der Waals surface area contributed by atoms with Crippen molar-refractivity contribution in [2.45, 2.75) is 39.2 Å². The first-order valence-electron chi connectivity index (χ1n) is 8.98. The lowest BCUT2D eigenvalue weighted by Gasteiger charge is -2.22. The van der Waals surface area contributed by atoms with Gasteiger partial charge in [0.1, 0.15) is 0 Å². The molecule has 1 unspecified atom stereocenters. The van der Waals surface area contributed by atoms with Crippen LogP contribution in [0.25, 0.3) is 0 Å². The Morgan fingerprint density at radius 2 is 2.00 bits per heavy atom. The summed E-state index contributed by atoms with van der Waals surface area (Å²) in [5, 5.41) is 8.83. The van der Waals surface area contributed by atoms with E-state index < -0.39 is 0 Å². The minimum Gasteiger partial charge on any atom is -0.381 e. The Bertz CT molecular complexity index is 440. The van der Waals surface area contributed by atoms with E-state index in [2.05, 4.69) is 61.0 Å². The number of aliphatic imine (C=N–C) groups is 1. The third kappa shape index (κ3) is 11.0. The summed E-state index contributed by atoms with van der Waals surface area (Å²) in [6.07, 6.45) is 3.33. The van der Waals surface area contributed by atoms with Crippen LogP contribution in [-0.4, -0.2) is 57.8 Å². The van der Waals surface area contributed by atoms with Crippen molar-refractivity contribution in [2.75, 3.05) is 46.9 Å². The lowest BCUT2D eigenvalue weighted by Crippen LogP contribution is -2.38. The van der Waals surface area contributed by atoms with Gasteiger partial charge in [-0.3, -0.25) is 4.99 Å². The number of nitrogens with zero attached hydrogens (tertiary/aromatic N) is 2. The summed E-state index contributed by atoms with van der Waals surface area (Å²) >= 11 is 1.79. The molecule has 7 heteroatoms. The van der Waals surface area contributed by atoms with Crippen LogP contribution in [-0.2, 0) is 4.74 Å². The number of nitrogens with one attached hydrogen (secondary N) is 2. The maximum Gasteiger partial charge on any atom is 0.191 e. The summed E-state index contributed by atoms with van der Waals surface area (Å²) < 4.78 is 5.59. The molecule has 1 aromatic rings. The number of thiophene rings is 1. The second-order valence-electron chi connectivity index (χ2n) is 5.96. The number of unbranched alkanes of at least 4 members (excludes halogenated alkanes) is 1. The second-order valence-corrected chi connectivity index (χ2v) is 6.94. The molecule has 0 aromatic carbocycles. The zero-order chi connectivity index (χ0) is 17.6. The molecule has 0 bridgehead atoms. The number of hydrogen-bond donors (Lipinski definition) is 2. The smallest absolute Gasteiger partial charge is 0.191 e. The highest BCUT2D eigenvalue weighted by atomic mass is 127. The molecule has 0 spiro atoms. The van der Waals surface area contributed by atoms with Crippen LogP contribution >= 0.6 is 35.3 Å². The van der Waals surface area contributed by atoms with Gasteiger partial charge in [0.2, 0.25) is 0 Å². The van der Waals surface area contributed by atoms with Gasteiger partial charge in [0.25, 0.3) is 0 Å². The SMILES string of the molecule is CCCCOCCCNC(=NCC(c1cccs1)N(C)C)NCC.I. The zero-order valence-electron chi connectivity index (χ0n) is 16.1. The maximum absolute atomic E-state index is 5.59. The molecule has 25 heavy (non-hydrogen) atoms. The van der Waals surface area contributed by atoms with E-state index >= 15 is 0 Å². The Morgan fingerprint density at radius 3 is 2.60 bits per heavy atom. The molecule has 0 amide bonds. The molecule has 1 atom stereocenters. The highest BCUT2D eigenvalue weighted by Crippen LogP contribution is 2.23. The summed E-state index contributed by atoms with van der Waals surface area (Å²) in [5.74, 6) is 0.884. The number of halogens is 1. The van der Waals surface area contributed by atoms with E-state index in [1.165, 1.54) is 11.3 Å². The lowest BCUT2D eigenvalue weighted by atomic mass is 10.2. The Hall–Kier alpha value is -0.380. The van der Waals surface area contributed by atoms with Gasteiger partial charge >= 0.3 is 0 Å². The summed E-state index contributed by atoms with van der Waals surface area (Å²) in [6, 6.07) is 4.60. The largest absolute Gasteiger partial charge is 0.381 e. The number of likely N-dealkylation sites (N-methyl/N-ethyl adjacent to an activating group) is 1. The molecule has 146 valence electrons. The summed E-state index contributed by atoms with van der Waals surface area (Å²) in [4.78, 5) is 8.33. The molecule has 0 saturated carbocycles. The lowest BCUT2D eigenvalue weighted by molar-refractivity contribution is 0.129. The van der Waals surface area contributed by atoms with Crippen molar-refractivity contribution in [2.24, 2.45) is 4.99 Å². The van der Waals surface area contributed by atoms with Gasteiger partial charge < -0.3 is 20.3 Å². The fraction of sp³-hybridized carbons (Fsp3) is 0.722. The molecule has 5 nitrogen and oxygen atoms in total. The van der Waals surface area contributed by atoms with E-state index in [4.69, 9.17) is 9.73 Å². The fourth-order valence-corrected chi connectivity index (χ4v) is 3.15. The standard InChI is InChI=1S/C18H34N4OS.HI/c1-5-7-12-23-13-9-11-20-18(19-6-2)21-15-16(22(3)4)17-10-8-14-24-17;/h8,10,14,16H,5-7,9,11-13,15H2,1-4H3,(H2,19,20,21);1H. The van der Waals surface area contributed by atoms with Gasteiger partial charge in [-0.2, -0.15) is 0 Å². The Kier molecular flexibility index (Phi) is 15.6. The van der Waals surface area contributed by atoms with E-state index in [-0.39, 0.29) is 24.0 Å². The molecule has 0 saturated heterocycles. The van der Waals surface area contributed by atoms with Crippen LogP contribution in [0, 0.1) is 0 Å². The minimum atomic E-state index is 0. The van der Waals surface area contributed by atoms with Crippen molar-refractivity contribution < 1.29 is 4.74 Å². The first-order valence-corrected chi connectivity index (χ1v) is 9.86. The van der Waals surface area contributed by atoms with Crippen LogP contribution in [0.5, 0.6) is 0 Å². The van der Waals surface area contributed by atoms with Crippen molar-refractivity contribution in [3.8, 4) is 0 Å². The predicted molar refractivity (Wildman–Crippen MR) is 120 cm³/mol. The van der Waals surface area contributed by atoms with E-state index in [0.29, 0.717) is 6.04 Å². The summed E-state index contributed by atoms with van der Waals surface area (Å²) in [6.45, 7) is 8.44. The quantitative estimate of drug-likeness (QED) is 0.206. The van der Waals surface area contributed by atoms with Gasteiger partial charge in [0, 0.05) is 31.2 Å². The van der Waals surface area contributed by atoms with E-state index in [1.807, 2.05) is 0 Å². The van der Waals surface area contributed by atoms with Crippen molar-refractivity contribution in [3.05, 3.63) is 22.4 Å². The average Bonchev–Trinajstić information content (AvgIpc) is 3.08. The molecule has 2 N–H and O–H groups in total. The molecule has 0 aliphatic rings. The van der Waals surface area contributed by atoms with Gasteiger partial charge in [-0.05, 0) is 45.3 Å². The number of rotatable bonds is 12. The molecule has 0 radical (unpaired) electrons.